The predicted octanol–water partition coefficient (Wildman–Crippen LogP) is 8.56. The van der Waals surface area contributed by atoms with Crippen LogP contribution in [0.3, 0.4) is 0 Å². The number of amides is 1. The number of azo groups is 1. The zero-order chi connectivity index (χ0) is 34.1. The fraction of sp³-hybridized carbons (Fsp3) is 0.583. The molecule has 0 aliphatic carbocycles. The number of unbranched alkanes of at least 4 members (excludes halogenated alkanes) is 1. The first-order chi connectivity index (χ1) is 22.2. The third-order valence-electron chi connectivity index (χ3n) is 8.36. The number of ether oxygens (including phenoxy) is 1. The second-order valence-corrected chi connectivity index (χ2v) is 11.9. The minimum atomic E-state index is -0.792. The van der Waals surface area contributed by atoms with Gasteiger partial charge < -0.3 is 19.6 Å². The summed E-state index contributed by atoms with van der Waals surface area (Å²) in [6, 6.07) is 6.88. The van der Waals surface area contributed by atoms with E-state index in [0.717, 1.165) is 64.3 Å². The van der Waals surface area contributed by atoms with Gasteiger partial charge in [0.25, 0.3) is 11.5 Å². The minimum Gasteiger partial charge on any atom is -0.494 e. The number of carbonyl (C=O) groups excluding carboxylic acids is 2. The molecule has 0 radical (unpaired) electrons. The van der Waals surface area contributed by atoms with Crippen LogP contribution in [0.4, 0.5) is 17.1 Å². The van der Waals surface area contributed by atoms with E-state index in [-0.39, 0.29) is 22.8 Å². The van der Waals surface area contributed by atoms with Crippen molar-refractivity contribution >= 4 is 28.9 Å². The Kier molecular flexibility index (Phi) is 16.8. The normalized spacial score (nSPS) is 12.6. The number of hydrogen-bond acceptors (Lipinski definition) is 8. The first-order valence-corrected chi connectivity index (χ1v) is 16.9. The molecule has 1 heterocycles. The van der Waals surface area contributed by atoms with Crippen LogP contribution in [0.2, 0.25) is 0 Å². The third-order valence-corrected chi connectivity index (χ3v) is 8.36. The van der Waals surface area contributed by atoms with Crippen LogP contribution < -0.4 is 10.5 Å². The first-order valence-electron chi connectivity index (χ1n) is 16.9. The van der Waals surface area contributed by atoms with E-state index in [2.05, 4.69) is 42.6 Å². The molecule has 254 valence electrons. The Bertz CT molecular complexity index is 1330. The number of carbonyl (C=O) groups is 2. The number of methoxy groups -OCH3 is 1. The van der Waals surface area contributed by atoms with E-state index in [0.29, 0.717) is 42.7 Å². The van der Waals surface area contributed by atoms with Crippen molar-refractivity contribution in [3.63, 3.8) is 0 Å². The van der Waals surface area contributed by atoms with Gasteiger partial charge >= 0.3 is 5.97 Å². The summed E-state index contributed by atoms with van der Waals surface area (Å²) in [4.78, 5) is 45.8. The van der Waals surface area contributed by atoms with Gasteiger partial charge in [0.2, 0.25) is 5.88 Å². The van der Waals surface area contributed by atoms with Crippen molar-refractivity contribution in [1.82, 2.24) is 9.88 Å². The summed E-state index contributed by atoms with van der Waals surface area (Å²) in [5, 5.41) is 19.1. The summed E-state index contributed by atoms with van der Waals surface area (Å²) in [5.74, 6) is -0.539. The summed E-state index contributed by atoms with van der Waals surface area (Å²) in [6.45, 7) is 16.9. The molecule has 0 fully saturated rings. The maximum Gasteiger partial charge on any atom is 0.345 e. The Hall–Kier alpha value is -3.95. The van der Waals surface area contributed by atoms with Gasteiger partial charge in [0.15, 0.2) is 5.69 Å². The van der Waals surface area contributed by atoms with Crippen molar-refractivity contribution in [2.24, 2.45) is 22.1 Å². The highest BCUT2D eigenvalue weighted by Crippen LogP contribution is 2.35. The molecule has 1 aromatic heterocycles. The minimum absolute atomic E-state index is 0.00903. The molecule has 2 atom stereocenters. The molecule has 46 heavy (non-hydrogen) atoms. The predicted molar refractivity (Wildman–Crippen MR) is 186 cm³/mol. The molecule has 10 nitrogen and oxygen atoms in total. The summed E-state index contributed by atoms with van der Waals surface area (Å²) in [5.41, 5.74) is 0.232. The fourth-order valence-electron chi connectivity index (χ4n) is 5.66. The number of esters is 1. The van der Waals surface area contributed by atoms with Crippen molar-refractivity contribution in [2.45, 2.75) is 92.4 Å². The SMILES string of the molecule is C=CCCC(CC)CN(CC(CC)CCCC)C(=O)c1ccc(N=Nc2c(N(CCC)CCC)c(C(=O)OC)c(O)[nH]c2=O)cc1. The van der Waals surface area contributed by atoms with E-state index < -0.39 is 17.4 Å². The highest BCUT2D eigenvalue weighted by molar-refractivity contribution is 6.01. The lowest BCUT2D eigenvalue weighted by Gasteiger charge is -2.31. The highest BCUT2D eigenvalue weighted by atomic mass is 16.5. The zero-order valence-electron chi connectivity index (χ0n) is 28.8. The number of aromatic hydroxyl groups is 1. The average Bonchev–Trinajstić information content (AvgIpc) is 3.06. The van der Waals surface area contributed by atoms with Crippen LogP contribution >= 0.6 is 0 Å². The third kappa shape index (κ3) is 10.8. The molecule has 2 rings (SSSR count). The molecule has 0 bridgehead atoms. The number of aromatic amines is 1. The van der Waals surface area contributed by atoms with Crippen molar-refractivity contribution in [1.29, 1.82) is 0 Å². The van der Waals surface area contributed by atoms with Crippen LogP contribution in [0.15, 0.2) is 51.9 Å². The lowest BCUT2D eigenvalue weighted by molar-refractivity contribution is 0.0596. The first kappa shape index (κ1) is 38.2. The lowest BCUT2D eigenvalue weighted by atomic mass is 9.95. The van der Waals surface area contributed by atoms with Crippen LogP contribution in [0, 0.1) is 11.8 Å². The van der Waals surface area contributed by atoms with Gasteiger partial charge in [0.05, 0.1) is 18.5 Å². The van der Waals surface area contributed by atoms with Gasteiger partial charge in [-0.05, 0) is 68.2 Å². The molecule has 1 amide bonds. The van der Waals surface area contributed by atoms with Crippen LogP contribution in [-0.4, -0.2) is 60.2 Å². The topological polar surface area (TPSA) is 128 Å². The van der Waals surface area contributed by atoms with Crippen LogP contribution in [0.25, 0.3) is 0 Å². The molecule has 2 aromatic rings. The maximum atomic E-state index is 13.9. The fourth-order valence-corrected chi connectivity index (χ4v) is 5.66. The van der Waals surface area contributed by atoms with Gasteiger partial charge in [0.1, 0.15) is 5.56 Å². The molecular weight excluding hydrogens is 582 g/mol. The quantitative estimate of drug-likeness (QED) is 0.0802. The molecule has 10 heteroatoms. The number of rotatable bonds is 21. The summed E-state index contributed by atoms with van der Waals surface area (Å²) in [7, 11) is 1.21. The van der Waals surface area contributed by atoms with Gasteiger partial charge in [-0.15, -0.1) is 11.7 Å². The van der Waals surface area contributed by atoms with Crippen molar-refractivity contribution in [2.75, 3.05) is 38.2 Å². The van der Waals surface area contributed by atoms with Gasteiger partial charge in [-0.1, -0.05) is 66.4 Å². The second-order valence-electron chi connectivity index (χ2n) is 11.9. The molecular formula is C36H55N5O5. The Morgan fingerprint density at radius 2 is 1.57 bits per heavy atom. The van der Waals surface area contributed by atoms with E-state index in [1.165, 1.54) is 7.11 Å². The zero-order valence-corrected chi connectivity index (χ0v) is 28.8. The summed E-state index contributed by atoms with van der Waals surface area (Å²) < 4.78 is 4.92. The van der Waals surface area contributed by atoms with Crippen LogP contribution in [0.5, 0.6) is 5.88 Å². The van der Waals surface area contributed by atoms with Crippen LogP contribution in [0.1, 0.15) is 113 Å². The Morgan fingerprint density at radius 1 is 0.957 bits per heavy atom. The number of nitrogens with one attached hydrogen (secondary N) is 1. The molecule has 2 N–H and O–H groups in total. The number of pyridine rings is 1. The number of anilines is 1. The molecule has 0 saturated carbocycles. The van der Waals surface area contributed by atoms with Crippen molar-refractivity contribution < 1.29 is 19.4 Å². The smallest absolute Gasteiger partial charge is 0.345 e. The molecule has 0 spiro atoms. The molecule has 0 aliphatic heterocycles. The van der Waals surface area contributed by atoms with Gasteiger partial charge in [-0.3, -0.25) is 14.6 Å². The molecule has 2 unspecified atom stereocenters. The number of aromatic nitrogens is 1. The Balaban J connectivity index is 2.46. The number of H-pyrrole nitrogens is 1. The Labute approximate surface area is 275 Å². The highest BCUT2D eigenvalue weighted by Gasteiger charge is 2.28. The summed E-state index contributed by atoms with van der Waals surface area (Å²) >= 11 is 0. The van der Waals surface area contributed by atoms with E-state index in [1.54, 1.807) is 24.3 Å². The standard InChI is InChI=1S/C36H55N5O5/c1-8-14-16-26(12-5)24-41(25-27(13-6)17-15-9-2)35(44)28-18-20-29(21-19-28)38-39-31-32(40(22-10-3)23-11-4)30(36(45)46-7)33(42)37-34(31)43/h8,18-21,26-27H,1,9-17,22-25H2,2-7H3,(H2,37,42,43). The molecule has 0 saturated heterocycles. The average molecular weight is 638 g/mol. The van der Waals surface area contributed by atoms with E-state index in [4.69, 9.17) is 4.74 Å². The van der Waals surface area contributed by atoms with E-state index >= 15 is 0 Å². The number of allylic oxidation sites excluding steroid dienone is 1. The Morgan fingerprint density at radius 3 is 2.09 bits per heavy atom. The summed E-state index contributed by atoms with van der Waals surface area (Å²) in [6.07, 6.45) is 10.7. The largest absolute Gasteiger partial charge is 0.494 e. The lowest BCUT2D eigenvalue weighted by Crippen LogP contribution is -2.39. The number of benzene rings is 1. The van der Waals surface area contributed by atoms with Gasteiger partial charge in [-0.2, -0.15) is 5.11 Å². The second kappa shape index (κ2) is 20.2. The number of hydrogen-bond donors (Lipinski definition) is 2. The monoisotopic (exact) mass is 637 g/mol. The van der Waals surface area contributed by atoms with Gasteiger partial charge in [0, 0.05) is 31.7 Å². The van der Waals surface area contributed by atoms with Crippen molar-refractivity contribution in [3.8, 4) is 5.88 Å². The molecule has 1 aromatic carbocycles. The van der Waals surface area contributed by atoms with E-state index in [9.17, 15) is 19.5 Å². The van der Waals surface area contributed by atoms with Crippen LogP contribution in [-0.2, 0) is 4.74 Å². The maximum absolute atomic E-state index is 13.9. The number of nitrogens with zero attached hydrogens (tertiary/aromatic N) is 4. The van der Waals surface area contributed by atoms with Gasteiger partial charge in [-0.25, -0.2) is 4.79 Å². The van der Waals surface area contributed by atoms with E-state index in [1.807, 2.05) is 29.7 Å². The molecule has 0 aliphatic rings. The van der Waals surface area contributed by atoms with Crippen molar-refractivity contribution in [3.05, 3.63) is 58.4 Å².